The normalized spacial score (nSPS) is 12.5. The van der Waals surface area contributed by atoms with Gasteiger partial charge in [-0.25, -0.2) is 4.79 Å². The van der Waals surface area contributed by atoms with Crippen molar-refractivity contribution in [2.24, 2.45) is 0 Å². The number of hydrogen-bond donors (Lipinski definition) is 2. The van der Waals surface area contributed by atoms with E-state index in [1.54, 1.807) is 12.1 Å². The fourth-order valence-electron chi connectivity index (χ4n) is 1.31. The molecule has 0 spiro atoms. The zero-order valence-electron chi connectivity index (χ0n) is 7.61. The van der Waals surface area contributed by atoms with E-state index in [2.05, 4.69) is 0 Å². The summed E-state index contributed by atoms with van der Waals surface area (Å²) in [7, 11) is 0. The lowest BCUT2D eigenvalue weighted by molar-refractivity contribution is -0.146. The van der Waals surface area contributed by atoms with Crippen LogP contribution in [0.5, 0.6) is 0 Å². The Morgan fingerprint density at radius 1 is 1.23 bits per heavy atom. The molecule has 0 aliphatic heterocycles. The average Bonchev–Trinajstić information content (AvgIpc) is 2.01. The Balaban J connectivity index is 3.07. The van der Waals surface area contributed by atoms with Crippen LogP contribution in [-0.2, 0) is 4.79 Å². The Morgan fingerprint density at radius 3 is 2.08 bits per heavy atom. The van der Waals surface area contributed by atoms with Crippen LogP contribution >= 0.6 is 0 Å². The maximum Gasteiger partial charge on any atom is 0.337 e. The molecule has 1 aromatic rings. The van der Waals surface area contributed by atoms with Gasteiger partial charge in [0.05, 0.1) is 0 Å². The van der Waals surface area contributed by atoms with Gasteiger partial charge < -0.3 is 10.2 Å². The zero-order chi connectivity index (χ0) is 10.0. The van der Waals surface area contributed by atoms with E-state index in [0.717, 1.165) is 11.1 Å². The summed E-state index contributed by atoms with van der Waals surface area (Å²) >= 11 is 0. The largest absolute Gasteiger partial charge is 0.479 e. The molecule has 1 aromatic carbocycles. The number of hydrogen-bond acceptors (Lipinski definition) is 2. The summed E-state index contributed by atoms with van der Waals surface area (Å²) in [6.45, 7) is 3.73. The second kappa shape index (κ2) is 3.58. The highest BCUT2D eigenvalue weighted by molar-refractivity contribution is 5.74. The van der Waals surface area contributed by atoms with E-state index in [1.807, 2.05) is 19.9 Å². The van der Waals surface area contributed by atoms with Crippen LogP contribution in [0.25, 0.3) is 0 Å². The second-order valence-corrected chi connectivity index (χ2v) is 3.16. The molecule has 0 aromatic heterocycles. The number of carboxylic acid groups (broad SMARTS) is 1. The van der Waals surface area contributed by atoms with Crippen molar-refractivity contribution in [2.75, 3.05) is 0 Å². The van der Waals surface area contributed by atoms with Crippen LogP contribution in [0.1, 0.15) is 22.8 Å². The molecule has 3 heteroatoms. The number of carboxylic acids is 1. The number of carbonyl (C=O) groups is 1. The summed E-state index contributed by atoms with van der Waals surface area (Å²) in [5.41, 5.74) is 2.34. The van der Waals surface area contributed by atoms with Crippen molar-refractivity contribution < 1.29 is 15.0 Å². The van der Waals surface area contributed by atoms with Crippen molar-refractivity contribution >= 4 is 5.97 Å². The summed E-state index contributed by atoms with van der Waals surface area (Å²) in [4.78, 5) is 10.5. The fourth-order valence-corrected chi connectivity index (χ4v) is 1.31. The van der Waals surface area contributed by atoms with Crippen molar-refractivity contribution in [3.05, 3.63) is 34.9 Å². The van der Waals surface area contributed by atoms with Crippen molar-refractivity contribution in [3.8, 4) is 0 Å². The first-order valence-corrected chi connectivity index (χ1v) is 4.00. The van der Waals surface area contributed by atoms with Gasteiger partial charge in [-0.05, 0) is 19.4 Å². The Labute approximate surface area is 76.6 Å². The minimum atomic E-state index is -1.42. The lowest BCUT2D eigenvalue weighted by atomic mass is 10.0. The number of aliphatic hydroxyl groups excluding tert-OH is 1. The Morgan fingerprint density at radius 2 is 1.69 bits per heavy atom. The van der Waals surface area contributed by atoms with Crippen LogP contribution in [0.15, 0.2) is 18.2 Å². The van der Waals surface area contributed by atoms with Gasteiger partial charge in [-0.2, -0.15) is 0 Å². The lowest BCUT2D eigenvalue weighted by Crippen LogP contribution is -2.10. The van der Waals surface area contributed by atoms with Gasteiger partial charge in [0, 0.05) is 0 Å². The molecule has 70 valence electrons. The van der Waals surface area contributed by atoms with Crippen molar-refractivity contribution in [1.29, 1.82) is 0 Å². The van der Waals surface area contributed by atoms with Crippen LogP contribution in [0.3, 0.4) is 0 Å². The predicted octanol–water partition coefficient (Wildman–Crippen LogP) is 1.42. The third-order valence-corrected chi connectivity index (χ3v) is 1.79. The first-order valence-electron chi connectivity index (χ1n) is 4.00. The van der Waals surface area contributed by atoms with Gasteiger partial charge in [0.1, 0.15) is 0 Å². The molecule has 0 amide bonds. The topological polar surface area (TPSA) is 57.5 Å². The molecule has 0 fully saturated rings. The van der Waals surface area contributed by atoms with E-state index in [9.17, 15) is 9.90 Å². The standard InChI is InChI=1S/C10H12O3/c1-6-3-7(2)5-8(4-6)9(11)10(12)13/h3-5,9,11H,1-2H3,(H,12,13). The quantitative estimate of drug-likeness (QED) is 0.723. The highest BCUT2D eigenvalue weighted by Gasteiger charge is 2.15. The molecule has 0 radical (unpaired) electrons. The SMILES string of the molecule is Cc1cc(C)cc(C(O)C(=O)O)c1. The maximum atomic E-state index is 10.5. The smallest absolute Gasteiger partial charge is 0.337 e. The third-order valence-electron chi connectivity index (χ3n) is 1.79. The number of rotatable bonds is 2. The third kappa shape index (κ3) is 2.29. The van der Waals surface area contributed by atoms with Crippen LogP contribution in [-0.4, -0.2) is 16.2 Å². The molecule has 1 unspecified atom stereocenters. The van der Waals surface area contributed by atoms with Crippen LogP contribution in [0.2, 0.25) is 0 Å². The summed E-state index contributed by atoms with van der Waals surface area (Å²) in [6.07, 6.45) is -1.42. The monoisotopic (exact) mass is 180 g/mol. The van der Waals surface area contributed by atoms with Crippen LogP contribution < -0.4 is 0 Å². The highest BCUT2D eigenvalue weighted by atomic mass is 16.4. The highest BCUT2D eigenvalue weighted by Crippen LogP contribution is 2.16. The molecule has 0 bridgehead atoms. The molecule has 1 atom stereocenters. The first kappa shape index (κ1) is 9.74. The minimum Gasteiger partial charge on any atom is -0.479 e. The predicted molar refractivity (Wildman–Crippen MR) is 48.5 cm³/mol. The average molecular weight is 180 g/mol. The second-order valence-electron chi connectivity index (χ2n) is 3.16. The first-order chi connectivity index (χ1) is 6.00. The Bertz CT molecular complexity index is 311. The van der Waals surface area contributed by atoms with E-state index in [0.29, 0.717) is 5.56 Å². The van der Waals surface area contributed by atoms with Gasteiger partial charge in [0.15, 0.2) is 6.10 Å². The van der Waals surface area contributed by atoms with E-state index < -0.39 is 12.1 Å². The van der Waals surface area contributed by atoms with Crippen molar-refractivity contribution in [3.63, 3.8) is 0 Å². The molecule has 0 aliphatic carbocycles. The summed E-state index contributed by atoms with van der Waals surface area (Å²) < 4.78 is 0. The molecule has 0 heterocycles. The summed E-state index contributed by atoms with van der Waals surface area (Å²) in [5.74, 6) is -1.22. The van der Waals surface area contributed by atoms with E-state index in [-0.39, 0.29) is 0 Å². The zero-order valence-corrected chi connectivity index (χ0v) is 7.61. The molecule has 13 heavy (non-hydrogen) atoms. The number of aryl methyl sites for hydroxylation is 2. The molecule has 1 rings (SSSR count). The molecular weight excluding hydrogens is 168 g/mol. The van der Waals surface area contributed by atoms with Gasteiger partial charge in [-0.1, -0.05) is 29.3 Å². The van der Waals surface area contributed by atoms with Crippen LogP contribution in [0.4, 0.5) is 0 Å². The van der Waals surface area contributed by atoms with Crippen molar-refractivity contribution in [2.45, 2.75) is 20.0 Å². The van der Waals surface area contributed by atoms with Crippen LogP contribution in [0, 0.1) is 13.8 Å². The van der Waals surface area contributed by atoms with E-state index in [1.165, 1.54) is 0 Å². The minimum absolute atomic E-state index is 0.435. The lowest BCUT2D eigenvalue weighted by Gasteiger charge is -2.07. The van der Waals surface area contributed by atoms with Gasteiger partial charge in [0.25, 0.3) is 0 Å². The molecule has 0 saturated heterocycles. The Hall–Kier alpha value is -1.35. The molecule has 0 saturated carbocycles. The summed E-state index contributed by atoms with van der Waals surface area (Å²) in [5, 5.41) is 17.8. The maximum absolute atomic E-state index is 10.5. The summed E-state index contributed by atoms with van der Waals surface area (Å²) in [6, 6.07) is 5.27. The number of aliphatic hydroxyl groups is 1. The van der Waals surface area contributed by atoms with Gasteiger partial charge in [0.2, 0.25) is 0 Å². The van der Waals surface area contributed by atoms with E-state index in [4.69, 9.17) is 5.11 Å². The van der Waals surface area contributed by atoms with Gasteiger partial charge in [-0.3, -0.25) is 0 Å². The number of benzene rings is 1. The fraction of sp³-hybridized carbons (Fsp3) is 0.300. The molecule has 0 aliphatic rings. The molecule has 3 nitrogen and oxygen atoms in total. The van der Waals surface area contributed by atoms with Crippen molar-refractivity contribution in [1.82, 2.24) is 0 Å². The van der Waals surface area contributed by atoms with Gasteiger partial charge >= 0.3 is 5.97 Å². The van der Waals surface area contributed by atoms with Gasteiger partial charge in [-0.15, -0.1) is 0 Å². The number of aliphatic carboxylic acids is 1. The molecule has 2 N–H and O–H groups in total. The van der Waals surface area contributed by atoms with E-state index >= 15 is 0 Å². The Kier molecular flexibility index (Phi) is 2.68. The molecular formula is C10H12O3.